The van der Waals surface area contributed by atoms with Gasteiger partial charge in [0.25, 0.3) is 5.89 Å². The van der Waals surface area contributed by atoms with Gasteiger partial charge in [0.05, 0.1) is 12.5 Å². The third-order valence-corrected chi connectivity index (χ3v) is 5.56. The summed E-state index contributed by atoms with van der Waals surface area (Å²) in [5.74, 6) is 1.36. The van der Waals surface area contributed by atoms with E-state index in [0.29, 0.717) is 24.8 Å². The lowest BCUT2D eigenvalue weighted by atomic mass is 9.97. The third-order valence-electron chi connectivity index (χ3n) is 5.56. The lowest BCUT2D eigenvalue weighted by Gasteiger charge is -2.31. The number of benzene rings is 2. The van der Waals surface area contributed by atoms with Crippen LogP contribution in [0.2, 0.25) is 0 Å². The van der Waals surface area contributed by atoms with E-state index in [1.54, 1.807) is 0 Å². The minimum absolute atomic E-state index is 0.0120. The van der Waals surface area contributed by atoms with Gasteiger partial charge in [0, 0.05) is 18.7 Å². The molecule has 0 bridgehead atoms. The molecule has 2 heterocycles. The SMILES string of the molecule is Cc1ccc(-c2nc(CN3CCC[C@H](C(=O)NCCc4ccccc4)C3)no2)cc1. The van der Waals surface area contributed by atoms with Crippen molar-refractivity contribution in [2.45, 2.75) is 32.7 Å². The molecule has 2 aromatic carbocycles. The van der Waals surface area contributed by atoms with E-state index < -0.39 is 0 Å². The summed E-state index contributed by atoms with van der Waals surface area (Å²) >= 11 is 0. The molecule has 1 aliphatic rings. The van der Waals surface area contributed by atoms with Crippen LogP contribution in [0.25, 0.3) is 11.5 Å². The highest BCUT2D eigenvalue weighted by Crippen LogP contribution is 2.21. The molecule has 3 aromatic rings. The number of carbonyl (C=O) groups excluding carboxylic acids is 1. The molecule has 1 aliphatic heterocycles. The molecule has 6 heteroatoms. The monoisotopic (exact) mass is 404 g/mol. The summed E-state index contributed by atoms with van der Waals surface area (Å²) in [6.45, 7) is 4.99. The third kappa shape index (κ3) is 5.33. The first-order chi connectivity index (χ1) is 14.7. The highest BCUT2D eigenvalue weighted by Gasteiger charge is 2.26. The molecule has 4 rings (SSSR count). The van der Waals surface area contributed by atoms with Crippen molar-refractivity contribution in [1.82, 2.24) is 20.4 Å². The first-order valence-electron chi connectivity index (χ1n) is 10.6. The van der Waals surface area contributed by atoms with Crippen LogP contribution >= 0.6 is 0 Å². The summed E-state index contributed by atoms with van der Waals surface area (Å²) in [7, 11) is 0. The van der Waals surface area contributed by atoms with Gasteiger partial charge in [0.2, 0.25) is 5.91 Å². The zero-order valence-corrected chi connectivity index (χ0v) is 17.4. The van der Waals surface area contributed by atoms with E-state index in [1.165, 1.54) is 11.1 Å². The van der Waals surface area contributed by atoms with Crippen LogP contribution in [0.5, 0.6) is 0 Å². The van der Waals surface area contributed by atoms with Gasteiger partial charge >= 0.3 is 0 Å². The van der Waals surface area contributed by atoms with Gasteiger partial charge in [-0.1, -0.05) is 53.2 Å². The maximum Gasteiger partial charge on any atom is 0.257 e. The second-order valence-corrected chi connectivity index (χ2v) is 7.98. The molecule has 0 saturated carbocycles. The Labute approximate surface area is 177 Å². The number of piperidine rings is 1. The molecule has 30 heavy (non-hydrogen) atoms. The molecule has 0 radical (unpaired) electrons. The van der Waals surface area contributed by atoms with Crippen molar-refractivity contribution in [3.8, 4) is 11.5 Å². The highest BCUT2D eigenvalue weighted by atomic mass is 16.5. The molecular weight excluding hydrogens is 376 g/mol. The molecule has 0 unspecified atom stereocenters. The lowest BCUT2D eigenvalue weighted by molar-refractivity contribution is -0.126. The molecule has 156 valence electrons. The highest BCUT2D eigenvalue weighted by molar-refractivity contribution is 5.79. The Balaban J connectivity index is 1.27. The van der Waals surface area contributed by atoms with E-state index in [0.717, 1.165) is 37.9 Å². The fourth-order valence-corrected chi connectivity index (χ4v) is 3.86. The Bertz CT molecular complexity index is 953. The second kappa shape index (κ2) is 9.67. The molecular formula is C24H28N4O2. The standard InChI is InChI=1S/C24H28N4O2/c1-18-9-11-20(12-10-18)24-26-22(27-30-24)17-28-15-5-8-21(16-28)23(29)25-14-13-19-6-3-2-4-7-19/h2-4,6-7,9-12,21H,5,8,13-17H2,1H3,(H,25,29)/t21-/m0/s1. The second-order valence-electron chi connectivity index (χ2n) is 7.98. The number of amides is 1. The summed E-state index contributed by atoms with van der Waals surface area (Å²) in [6.07, 6.45) is 2.78. The minimum atomic E-state index is 0.0120. The molecule has 0 spiro atoms. The van der Waals surface area contributed by atoms with Crippen molar-refractivity contribution >= 4 is 5.91 Å². The summed E-state index contributed by atoms with van der Waals surface area (Å²) in [5, 5.41) is 7.23. The molecule has 1 aromatic heterocycles. The Kier molecular flexibility index (Phi) is 6.54. The summed E-state index contributed by atoms with van der Waals surface area (Å²) in [4.78, 5) is 19.4. The zero-order chi connectivity index (χ0) is 20.8. The van der Waals surface area contributed by atoms with Gasteiger partial charge in [0.15, 0.2) is 5.82 Å². The average molecular weight is 405 g/mol. The smallest absolute Gasteiger partial charge is 0.257 e. The van der Waals surface area contributed by atoms with Gasteiger partial charge in [0.1, 0.15) is 0 Å². The number of aryl methyl sites for hydroxylation is 1. The van der Waals surface area contributed by atoms with Crippen LogP contribution in [-0.4, -0.2) is 40.6 Å². The van der Waals surface area contributed by atoms with Crippen LogP contribution < -0.4 is 5.32 Å². The number of carbonyl (C=O) groups is 1. The first-order valence-corrected chi connectivity index (χ1v) is 10.6. The quantitative estimate of drug-likeness (QED) is 0.651. The van der Waals surface area contributed by atoms with Gasteiger partial charge in [-0.05, 0) is 50.4 Å². The number of hydrogen-bond acceptors (Lipinski definition) is 5. The average Bonchev–Trinajstić information content (AvgIpc) is 3.23. The van der Waals surface area contributed by atoms with Crippen LogP contribution in [0.4, 0.5) is 0 Å². The topological polar surface area (TPSA) is 71.3 Å². The van der Waals surface area contributed by atoms with Gasteiger partial charge in [-0.2, -0.15) is 4.98 Å². The van der Waals surface area contributed by atoms with E-state index in [-0.39, 0.29) is 11.8 Å². The van der Waals surface area contributed by atoms with Crippen molar-refractivity contribution < 1.29 is 9.32 Å². The summed E-state index contributed by atoms with van der Waals surface area (Å²) in [6, 6.07) is 18.3. The molecule has 1 amide bonds. The van der Waals surface area contributed by atoms with Crippen molar-refractivity contribution in [3.05, 3.63) is 71.5 Å². The van der Waals surface area contributed by atoms with Crippen LogP contribution in [0.15, 0.2) is 59.1 Å². The number of nitrogens with zero attached hydrogens (tertiary/aromatic N) is 3. The number of hydrogen-bond donors (Lipinski definition) is 1. The normalized spacial score (nSPS) is 17.0. The number of likely N-dealkylation sites (tertiary alicyclic amines) is 1. The fourth-order valence-electron chi connectivity index (χ4n) is 3.86. The van der Waals surface area contributed by atoms with Crippen molar-refractivity contribution in [2.75, 3.05) is 19.6 Å². The number of aromatic nitrogens is 2. The van der Waals surface area contributed by atoms with Crippen LogP contribution in [0, 0.1) is 12.8 Å². The van der Waals surface area contributed by atoms with Gasteiger partial charge in [-0.15, -0.1) is 0 Å². The fraction of sp³-hybridized carbons (Fsp3) is 0.375. The Morgan fingerprint density at radius 1 is 1.17 bits per heavy atom. The lowest BCUT2D eigenvalue weighted by Crippen LogP contribution is -2.43. The molecule has 1 saturated heterocycles. The maximum atomic E-state index is 12.6. The molecule has 1 N–H and O–H groups in total. The van der Waals surface area contributed by atoms with E-state index in [4.69, 9.17) is 4.52 Å². The van der Waals surface area contributed by atoms with E-state index >= 15 is 0 Å². The maximum absolute atomic E-state index is 12.6. The summed E-state index contributed by atoms with van der Waals surface area (Å²) < 4.78 is 5.43. The van der Waals surface area contributed by atoms with Crippen LogP contribution in [0.3, 0.4) is 0 Å². The largest absolute Gasteiger partial charge is 0.355 e. The Hall–Kier alpha value is -2.99. The van der Waals surface area contributed by atoms with Gasteiger partial charge in [-0.3, -0.25) is 9.69 Å². The van der Waals surface area contributed by atoms with E-state index in [2.05, 4.69) is 32.5 Å². The Morgan fingerprint density at radius 2 is 1.97 bits per heavy atom. The Morgan fingerprint density at radius 3 is 2.77 bits per heavy atom. The minimum Gasteiger partial charge on any atom is -0.355 e. The van der Waals surface area contributed by atoms with Crippen LogP contribution in [0.1, 0.15) is 29.8 Å². The molecule has 0 aliphatic carbocycles. The predicted octanol–water partition coefficient (Wildman–Crippen LogP) is 3.62. The predicted molar refractivity (Wildman–Crippen MR) is 116 cm³/mol. The van der Waals surface area contributed by atoms with Crippen molar-refractivity contribution in [2.24, 2.45) is 5.92 Å². The number of rotatable bonds is 7. The molecule has 1 atom stereocenters. The number of nitrogens with one attached hydrogen (secondary N) is 1. The van der Waals surface area contributed by atoms with E-state index in [1.807, 2.05) is 49.4 Å². The van der Waals surface area contributed by atoms with Crippen molar-refractivity contribution in [1.29, 1.82) is 0 Å². The van der Waals surface area contributed by atoms with Crippen LogP contribution in [-0.2, 0) is 17.8 Å². The van der Waals surface area contributed by atoms with E-state index in [9.17, 15) is 4.79 Å². The molecule has 1 fully saturated rings. The van der Waals surface area contributed by atoms with Crippen molar-refractivity contribution in [3.63, 3.8) is 0 Å². The van der Waals surface area contributed by atoms with Gasteiger partial charge in [-0.25, -0.2) is 0 Å². The van der Waals surface area contributed by atoms with Gasteiger partial charge < -0.3 is 9.84 Å². The summed E-state index contributed by atoms with van der Waals surface area (Å²) in [5.41, 5.74) is 3.36. The zero-order valence-electron chi connectivity index (χ0n) is 17.4. The molecule has 6 nitrogen and oxygen atoms in total. The first kappa shape index (κ1) is 20.3.